The maximum atomic E-state index is 13.9. The van der Waals surface area contributed by atoms with Crippen LogP contribution >= 0.6 is 11.3 Å². The maximum Gasteiger partial charge on any atom is 0.274 e. The Balaban J connectivity index is 1.23. The van der Waals surface area contributed by atoms with Gasteiger partial charge in [0.1, 0.15) is 17.1 Å². The molecule has 1 N–H and O–H groups in total. The molecule has 1 saturated heterocycles. The van der Waals surface area contributed by atoms with E-state index in [2.05, 4.69) is 10.3 Å². The minimum Gasteiger partial charge on any atom is -0.464 e. The largest absolute Gasteiger partial charge is 0.464 e. The summed E-state index contributed by atoms with van der Waals surface area (Å²) in [4.78, 5) is 33.7. The molecule has 2 aromatic heterocycles. The lowest BCUT2D eigenvalue weighted by Gasteiger charge is -2.27. The zero-order valence-corrected chi connectivity index (χ0v) is 19.3. The van der Waals surface area contributed by atoms with Gasteiger partial charge in [0, 0.05) is 18.0 Å². The van der Waals surface area contributed by atoms with E-state index < -0.39 is 0 Å². The lowest BCUT2D eigenvalue weighted by Crippen LogP contribution is -2.45. The van der Waals surface area contributed by atoms with E-state index in [1.165, 1.54) is 23.5 Å². The van der Waals surface area contributed by atoms with Crippen LogP contribution in [0.5, 0.6) is 0 Å². The number of piperidine rings is 1. The minimum absolute atomic E-state index is 0.105. The van der Waals surface area contributed by atoms with E-state index >= 15 is 0 Å². The molecule has 6 nitrogen and oxygen atoms in total. The molecular formula is C26H22FN3O3S. The third-order valence-corrected chi connectivity index (χ3v) is 7.73. The first-order valence-electron chi connectivity index (χ1n) is 11.3. The molecule has 1 aliphatic heterocycles. The Morgan fingerprint density at radius 2 is 2.06 bits per heavy atom. The van der Waals surface area contributed by atoms with Crippen molar-refractivity contribution < 1.29 is 18.4 Å². The standard InChI is InChI=1S/C26H22FN3O3S/c1-14-29-23(24(34-14)15-4-2-5-17(27)10-15)26(32)30-18(11-16-12-21(16)30)13-28-25(31)20-6-3-7-22-19(20)8-9-33-22/h2-10,16,18,21H,11-13H2,1H3,(H,28,31)/t16-,18+,21+/m1/s1. The van der Waals surface area contributed by atoms with Crippen molar-refractivity contribution in [2.24, 2.45) is 5.92 Å². The number of furan rings is 1. The highest BCUT2D eigenvalue weighted by Crippen LogP contribution is 2.48. The molecule has 0 spiro atoms. The predicted molar refractivity (Wildman–Crippen MR) is 127 cm³/mol. The number of halogens is 1. The number of aryl methyl sites for hydroxylation is 1. The van der Waals surface area contributed by atoms with Gasteiger partial charge in [0.2, 0.25) is 0 Å². The summed E-state index contributed by atoms with van der Waals surface area (Å²) in [6, 6.07) is 13.5. The summed E-state index contributed by atoms with van der Waals surface area (Å²) in [7, 11) is 0. The Labute approximate surface area is 199 Å². The van der Waals surface area contributed by atoms with Crippen molar-refractivity contribution >= 4 is 34.1 Å². The number of nitrogens with zero attached hydrogens (tertiary/aromatic N) is 2. The van der Waals surface area contributed by atoms with E-state index in [0.29, 0.717) is 39.7 Å². The molecule has 3 atom stereocenters. The fourth-order valence-electron chi connectivity index (χ4n) is 5.08. The number of nitrogens with one attached hydrogen (secondary N) is 1. The number of benzene rings is 2. The molecular weight excluding hydrogens is 453 g/mol. The van der Waals surface area contributed by atoms with Crippen molar-refractivity contribution in [1.82, 2.24) is 15.2 Å². The highest BCUT2D eigenvalue weighted by Gasteiger charge is 2.54. The highest BCUT2D eigenvalue weighted by atomic mass is 32.1. The number of amides is 2. The number of carbonyl (C=O) groups excluding carboxylic acids is 2. The van der Waals surface area contributed by atoms with Gasteiger partial charge >= 0.3 is 0 Å². The van der Waals surface area contributed by atoms with E-state index in [9.17, 15) is 14.0 Å². The molecule has 3 heterocycles. The monoisotopic (exact) mass is 475 g/mol. The second-order valence-electron chi connectivity index (χ2n) is 8.93. The van der Waals surface area contributed by atoms with Crippen LogP contribution in [0.3, 0.4) is 0 Å². The Morgan fingerprint density at radius 3 is 2.91 bits per heavy atom. The molecule has 0 radical (unpaired) electrons. The van der Waals surface area contributed by atoms with Gasteiger partial charge in [0.05, 0.1) is 27.8 Å². The second kappa shape index (κ2) is 8.06. The zero-order valence-electron chi connectivity index (χ0n) is 18.5. The molecule has 34 heavy (non-hydrogen) atoms. The summed E-state index contributed by atoms with van der Waals surface area (Å²) in [5, 5.41) is 4.54. The van der Waals surface area contributed by atoms with Gasteiger partial charge in [-0.15, -0.1) is 11.3 Å². The third-order valence-electron chi connectivity index (χ3n) is 6.71. The van der Waals surface area contributed by atoms with Crippen molar-refractivity contribution in [2.75, 3.05) is 6.54 Å². The molecule has 1 aliphatic carbocycles. The molecule has 172 valence electrons. The molecule has 1 saturated carbocycles. The van der Waals surface area contributed by atoms with Crippen molar-refractivity contribution in [3.05, 3.63) is 76.9 Å². The Bertz CT molecular complexity index is 1430. The Morgan fingerprint density at radius 1 is 1.21 bits per heavy atom. The maximum absolute atomic E-state index is 13.9. The number of thiazole rings is 1. The van der Waals surface area contributed by atoms with Crippen LogP contribution in [0.15, 0.2) is 59.2 Å². The van der Waals surface area contributed by atoms with Crippen LogP contribution in [-0.4, -0.2) is 40.3 Å². The average Bonchev–Trinajstić information content (AvgIpc) is 3.18. The molecule has 8 heteroatoms. The molecule has 2 fully saturated rings. The van der Waals surface area contributed by atoms with Crippen molar-refractivity contribution in [3.63, 3.8) is 0 Å². The molecule has 0 unspecified atom stereocenters. The minimum atomic E-state index is -0.349. The number of likely N-dealkylation sites (tertiary alicyclic amines) is 1. The molecule has 0 bridgehead atoms. The van der Waals surface area contributed by atoms with Gasteiger partial charge in [-0.3, -0.25) is 9.59 Å². The lowest BCUT2D eigenvalue weighted by molar-refractivity contribution is 0.0684. The first-order chi connectivity index (χ1) is 16.5. The van der Waals surface area contributed by atoms with Gasteiger partial charge in [-0.1, -0.05) is 18.2 Å². The van der Waals surface area contributed by atoms with Crippen molar-refractivity contribution in [2.45, 2.75) is 31.8 Å². The van der Waals surface area contributed by atoms with Gasteiger partial charge in [0.25, 0.3) is 11.8 Å². The van der Waals surface area contributed by atoms with E-state index in [-0.39, 0.29) is 29.7 Å². The van der Waals surface area contributed by atoms with Crippen LogP contribution in [0.25, 0.3) is 21.4 Å². The average molecular weight is 476 g/mol. The summed E-state index contributed by atoms with van der Waals surface area (Å²) >= 11 is 1.39. The number of rotatable bonds is 5. The van der Waals surface area contributed by atoms with E-state index in [4.69, 9.17) is 4.42 Å². The first kappa shape index (κ1) is 21.0. The van der Waals surface area contributed by atoms with E-state index in [0.717, 1.165) is 23.2 Å². The van der Waals surface area contributed by atoms with Crippen molar-refractivity contribution in [3.8, 4) is 10.4 Å². The van der Waals surface area contributed by atoms with Gasteiger partial charge in [0.15, 0.2) is 0 Å². The fourth-order valence-corrected chi connectivity index (χ4v) is 5.98. The summed E-state index contributed by atoms with van der Waals surface area (Å²) in [6.07, 6.45) is 3.40. The predicted octanol–water partition coefficient (Wildman–Crippen LogP) is 5.04. The second-order valence-corrected chi connectivity index (χ2v) is 10.1. The first-order valence-corrected chi connectivity index (χ1v) is 12.1. The smallest absolute Gasteiger partial charge is 0.274 e. The quantitative estimate of drug-likeness (QED) is 0.439. The number of fused-ring (bicyclic) bond motifs is 2. The number of aromatic nitrogens is 1. The molecule has 2 aliphatic rings. The molecule has 2 aromatic carbocycles. The summed E-state index contributed by atoms with van der Waals surface area (Å²) in [5.41, 5.74) is 2.23. The van der Waals surface area contributed by atoms with Gasteiger partial charge in [-0.2, -0.15) is 0 Å². The lowest BCUT2D eigenvalue weighted by atomic mass is 10.1. The highest BCUT2D eigenvalue weighted by molar-refractivity contribution is 7.15. The summed E-state index contributed by atoms with van der Waals surface area (Å²) in [6.45, 7) is 2.21. The number of hydrogen-bond donors (Lipinski definition) is 1. The van der Waals surface area contributed by atoms with Crippen LogP contribution in [-0.2, 0) is 0 Å². The van der Waals surface area contributed by atoms with Crippen LogP contribution in [0.2, 0.25) is 0 Å². The van der Waals surface area contributed by atoms with Gasteiger partial charge < -0.3 is 14.6 Å². The number of carbonyl (C=O) groups is 2. The summed E-state index contributed by atoms with van der Waals surface area (Å²) in [5.74, 6) is -0.228. The zero-order chi connectivity index (χ0) is 23.4. The normalized spacial score (nSPS) is 21.0. The molecule has 6 rings (SSSR count). The van der Waals surface area contributed by atoms with Crippen LogP contribution in [0, 0.1) is 18.7 Å². The third kappa shape index (κ3) is 3.58. The number of hydrogen-bond acceptors (Lipinski definition) is 5. The Kier molecular flexibility index (Phi) is 4.99. The van der Waals surface area contributed by atoms with Crippen molar-refractivity contribution in [1.29, 1.82) is 0 Å². The van der Waals surface area contributed by atoms with Crippen LogP contribution in [0.4, 0.5) is 4.39 Å². The van der Waals surface area contributed by atoms with Crippen LogP contribution < -0.4 is 5.32 Å². The van der Waals surface area contributed by atoms with Gasteiger partial charge in [-0.05, 0) is 61.6 Å². The SMILES string of the molecule is Cc1nc(C(=O)N2[C@H](CNC(=O)c3cccc4occc34)C[C@@H]3C[C@@H]32)c(-c2cccc(F)c2)s1. The van der Waals surface area contributed by atoms with Crippen LogP contribution in [0.1, 0.15) is 38.7 Å². The van der Waals surface area contributed by atoms with Gasteiger partial charge in [-0.25, -0.2) is 9.37 Å². The summed E-state index contributed by atoms with van der Waals surface area (Å²) < 4.78 is 19.3. The molecule has 4 aromatic rings. The Hall–Kier alpha value is -3.52. The van der Waals surface area contributed by atoms with E-state index in [1.807, 2.05) is 17.9 Å². The molecule has 2 amide bonds. The van der Waals surface area contributed by atoms with E-state index in [1.54, 1.807) is 36.6 Å². The topological polar surface area (TPSA) is 75.4 Å². The fraction of sp³-hybridized carbons (Fsp3) is 0.269.